The van der Waals surface area contributed by atoms with Crippen molar-refractivity contribution in [3.05, 3.63) is 29.8 Å². The molecule has 1 fully saturated rings. The number of hydrogen-bond acceptors (Lipinski definition) is 3. The molecule has 1 aliphatic rings. The third-order valence-electron chi connectivity index (χ3n) is 3.41. The molecule has 1 aliphatic carbocycles. The number of amides is 1. The zero-order valence-electron chi connectivity index (χ0n) is 11.4. The van der Waals surface area contributed by atoms with Gasteiger partial charge in [0, 0.05) is 12.1 Å². The fraction of sp³-hybridized carbons (Fsp3) is 0.500. The fourth-order valence-electron chi connectivity index (χ4n) is 2.02. The molecule has 21 heavy (non-hydrogen) atoms. The van der Waals surface area contributed by atoms with Gasteiger partial charge in [0.1, 0.15) is 5.75 Å². The van der Waals surface area contributed by atoms with Gasteiger partial charge in [-0.15, -0.1) is 13.2 Å². The molecule has 0 aliphatic heterocycles. The number of rotatable bonds is 5. The van der Waals surface area contributed by atoms with E-state index in [0.29, 0.717) is 0 Å². The normalized spacial score (nSPS) is 18.0. The molecule has 1 aromatic rings. The Labute approximate surface area is 119 Å². The minimum absolute atomic E-state index is 0.108. The summed E-state index contributed by atoms with van der Waals surface area (Å²) in [5.74, 6) is -0.640. The van der Waals surface area contributed by atoms with Crippen molar-refractivity contribution in [3.8, 4) is 5.75 Å². The van der Waals surface area contributed by atoms with E-state index in [9.17, 15) is 23.1 Å². The van der Waals surface area contributed by atoms with Crippen molar-refractivity contribution in [1.29, 1.82) is 0 Å². The first-order valence-corrected chi connectivity index (χ1v) is 6.54. The second kappa shape index (κ2) is 5.55. The number of ether oxygens (including phenoxy) is 1. The van der Waals surface area contributed by atoms with E-state index in [2.05, 4.69) is 10.1 Å². The third-order valence-corrected chi connectivity index (χ3v) is 3.41. The van der Waals surface area contributed by atoms with E-state index in [-0.39, 0.29) is 23.8 Å². The maximum absolute atomic E-state index is 12.0. The Bertz CT molecular complexity index is 507. The van der Waals surface area contributed by atoms with Crippen molar-refractivity contribution >= 4 is 5.91 Å². The molecule has 1 saturated carbocycles. The first-order valence-electron chi connectivity index (χ1n) is 6.54. The minimum atomic E-state index is -4.76. The van der Waals surface area contributed by atoms with Gasteiger partial charge in [0.2, 0.25) is 0 Å². The van der Waals surface area contributed by atoms with Gasteiger partial charge in [-0.3, -0.25) is 4.79 Å². The standard InChI is InChI=1S/C14H16F3NO3/c1-13(20,10-4-5-10)8-18-12(19)9-2-6-11(7-3-9)21-14(15,16)17/h2-3,6-7,10,20H,4-5,8H2,1H3,(H,18,19). The number of nitrogens with one attached hydrogen (secondary N) is 1. The second-order valence-corrected chi connectivity index (χ2v) is 5.39. The summed E-state index contributed by atoms with van der Waals surface area (Å²) >= 11 is 0. The Balaban J connectivity index is 1.90. The lowest BCUT2D eigenvalue weighted by molar-refractivity contribution is -0.274. The highest BCUT2D eigenvalue weighted by Gasteiger charge is 2.40. The molecular weight excluding hydrogens is 287 g/mol. The molecule has 2 rings (SSSR count). The first-order chi connectivity index (χ1) is 9.67. The van der Waals surface area contributed by atoms with Crippen molar-refractivity contribution in [2.24, 2.45) is 5.92 Å². The smallest absolute Gasteiger partial charge is 0.406 e. The predicted octanol–water partition coefficient (Wildman–Crippen LogP) is 2.48. The second-order valence-electron chi connectivity index (χ2n) is 5.39. The molecule has 1 amide bonds. The Morgan fingerprint density at radius 2 is 1.90 bits per heavy atom. The Hall–Kier alpha value is -1.76. The predicted molar refractivity (Wildman–Crippen MR) is 68.8 cm³/mol. The molecule has 4 nitrogen and oxygen atoms in total. The number of benzene rings is 1. The molecule has 1 atom stereocenters. The van der Waals surface area contributed by atoms with Crippen LogP contribution in [-0.2, 0) is 0 Å². The van der Waals surface area contributed by atoms with Crippen LogP contribution in [0, 0.1) is 5.92 Å². The Morgan fingerprint density at radius 3 is 2.38 bits per heavy atom. The molecule has 0 spiro atoms. The highest BCUT2D eigenvalue weighted by Crippen LogP contribution is 2.39. The molecular formula is C14H16F3NO3. The van der Waals surface area contributed by atoms with Crippen molar-refractivity contribution in [1.82, 2.24) is 5.32 Å². The van der Waals surface area contributed by atoms with Crippen LogP contribution in [0.15, 0.2) is 24.3 Å². The van der Waals surface area contributed by atoms with Crippen LogP contribution in [-0.4, -0.2) is 29.5 Å². The summed E-state index contributed by atoms with van der Waals surface area (Å²) in [5, 5.41) is 12.6. The average molecular weight is 303 g/mol. The van der Waals surface area contributed by atoms with E-state index in [1.807, 2.05) is 0 Å². The van der Waals surface area contributed by atoms with E-state index in [1.165, 1.54) is 12.1 Å². The summed E-state index contributed by atoms with van der Waals surface area (Å²) in [5.41, 5.74) is -0.745. The largest absolute Gasteiger partial charge is 0.573 e. The molecule has 0 aromatic heterocycles. The molecule has 116 valence electrons. The lowest BCUT2D eigenvalue weighted by Crippen LogP contribution is -2.42. The van der Waals surface area contributed by atoms with E-state index < -0.39 is 17.9 Å². The summed E-state index contributed by atoms with van der Waals surface area (Å²) in [6.07, 6.45) is -2.88. The molecule has 2 N–H and O–H groups in total. The number of hydrogen-bond donors (Lipinski definition) is 2. The molecule has 1 aromatic carbocycles. The van der Waals surface area contributed by atoms with Crippen LogP contribution in [0.3, 0.4) is 0 Å². The molecule has 0 heterocycles. The monoisotopic (exact) mass is 303 g/mol. The van der Waals surface area contributed by atoms with Crippen LogP contribution in [0.2, 0.25) is 0 Å². The van der Waals surface area contributed by atoms with Gasteiger partial charge in [0.05, 0.1) is 5.60 Å². The molecule has 1 unspecified atom stereocenters. The SMILES string of the molecule is CC(O)(CNC(=O)c1ccc(OC(F)(F)F)cc1)C1CC1. The van der Waals surface area contributed by atoms with Crippen molar-refractivity contribution in [2.45, 2.75) is 31.7 Å². The highest BCUT2D eigenvalue weighted by atomic mass is 19.4. The number of halogens is 3. The van der Waals surface area contributed by atoms with Crippen molar-refractivity contribution in [3.63, 3.8) is 0 Å². The van der Waals surface area contributed by atoms with Crippen molar-refractivity contribution < 1.29 is 27.8 Å². The van der Waals surface area contributed by atoms with Gasteiger partial charge < -0.3 is 15.2 Å². The zero-order chi connectivity index (χ0) is 15.7. The summed E-state index contributed by atoms with van der Waals surface area (Å²) in [4.78, 5) is 11.8. The van der Waals surface area contributed by atoms with Gasteiger partial charge in [-0.25, -0.2) is 0 Å². The summed E-state index contributed by atoms with van der Waals surface area (Å²) in [6.45, 7) is 1.77. The molecule has 0 saturated heterocycles. The van der Waals surface area contributed by atoms with Gasteiger partial charge in [0.15, 0.2) is 0 Å². The van der Waals surface area contributed by atoms with Crippen LogP contribution >= 0.6 is 0 Å². The van der Waals surface area contributed by atoms with Gasteiger partial charge in [-0.1, -0.05) is 0 Å². The zero-order valence-corrected chi connectivity index (χ0v) is 11.4. The van der Waals surface area contributed by atoms with Gasteiger partial charge >= 0.3 is 6.36 Å². The lowest BCUT2D eigenvalue weighted by Gasteiger charge is -2.23. The fourth-order valence-corrected chi connectivity index (χ4v) is 2.02. The number of alkyl halides is 3. The van der Waals surface area contributed by atoms with E-state index >= 15 is 0 Å². The maximum atomic E-state index is 12.0. The van der Waals surface area contributed by atoms with E-state index in [0.717, 1.165) is 25.0 Å². The number of carbonyl (C=O) groups excluding carboxylic acids is 1. The van der Waals surface area contributed by atoms with E-state index in [4.69, 9.17) is 0 Å². The van der Waals surface area contributed by atoms with Crippen LogP contribution in [0.1, 0.15) is 30.1 Å². The third kappa shape index (κ3) is 4.63. The van der Waals surface area contributed by atoms with Crippen molar-refractivity contribution in [2.75, 3.05) is 6.54 Å². The first kappa shape index (κ1) is 15.6. The number of carbonyl (C=O) groups is 1. The van der Waals surface area contributed by atoms with Gasteiger partial charge in [-0.2, -0.15) is 0 Å². The minimum Gasteiger partial charge on any atom is -0.406 e. The van der Waals surface area contributed by atoms with Gasteiger partial charge in [0.25, 0.3) is 5.91 Å². The van der Waals surface area contributed by atoms with Crippen LogP contribution in [0.5, 0.6) is 5.75 Å². The molecule has 0 bridgehead atoms. The highest BCUT2D eigenvalue weighted by molar-refractivity contribution is 5.94. The summed E-state index contributed by atoms with van der Waals surface area (Å²) in [7, 11) is 0. The average Bonchev–Trinajstić information content (AvgIpc) is 3.19. The Morgan fingerprint density at radius 1 is 1.33 bits per heavy atom. The van der Waals surface area contributed by atoms with Crippen LogP contribution in [0.4, 0.5) is 13.2 Å². The summed E-state index contributed by atoms with van der Waals surface area (Å²) < 4.78 is 39.7. The molecule has 7 heteroatoms. The van der Waals surface area contributed by atoms with Crippen LogP contribution < -0.4 is 10.1 Å². The maximum Gasteiger partial charge on any atom is 0.573 e. The molecule has 0 radical (unpaired) electrons. The van der Waals surface area contributed by atoms with Gasteiger partial charge in [-0.05, 0) is 49.9 Å². The quantitative estimate of drug-likeness (QED) is 0.878. The summed E-state index contributed by atoms with van der Waals surface area (Å²) in [6, 6.07) is 4.62. The number of aliphatic hydroxyl groups is 1. The topological polar surface area (TPSA) is 58.6 Å². The van der Waals surface area contributed by atoms with E-state index in [1.54, 1.807) is 6.92 Å². The Kier molecular flexibility index (Phi) is 4.13. The van der Waals surface area contributed by atoms with Crippen LogP contribution in [0.25, 0.3) is 0 Å². The lowest BCUT2D eigenvalue weighted by atomic mass is 10.0.